The van der Waals surface area contributed by atoms with E-state index in [1.807, 2.05) is 0 Å². The number of halogens is 1. The number of hydrogen-bond acceptors (Lipinski definition) is 0. The van der Waals surface area contributed by atoms with Gasteiger partial charge in [0.25, 0.3) is 0 Å². The lowest BCUT2D eigenvalue weighted by Gasteiger charge is -2.09. The van der Waals surface area contributed by atoms with Gasteiger partial charge in [0.2, 0.25) is 0 Å². The molecule has 0 aliphatic rings. The Morgan fingerprint density at radius 3 is 2.50 bits per heavy atom. The Hall–Kier alpha value is -1.54. The van der Waals surface area contributed by atoms with Crippen molar-refractivity contribution in [1.29, 1.82) is 0 Å². The molecule has 90 valence electrons. The largest absolute Gasteiger partial charge is 0.314 e. The summed E-state index contributed by atoms with van der Waals surface area (Å²) in [5.74, 6) is 0. The third kappa shape index (κ3) is 1.68. The Morgan fingerprint density at radius 1 is 0.944 bits per heavy atom. The van der Waals surface area contributed by atoms with Crippen LogP contribution in [0.15, 0.2) is 53.0 Å². The molecule has 18 heavy (non-hydrogen) atoms. The maximum atomic E-state index is 3.54. The van der Waals surface area contributed by atoms with Gasteiger partial charge in [0.05, 0.1) is 5.52 Å². The van der Waals surface area contributed by atoms with Crippen LogP contribution in [0, 0.1) is 13.8 Å². The molecule has 1 nitrogen and oxygen atoms in total. The van der Waals surface area contributed by atoms with Crippen molar-refractivity contribution in [3.8, 4) is 5.69 Å². The highest BCUT2D eigenvalue weighted by atomic mass is 79.9. The first kappa shape index (κ1) is 11.5. The number of aryl methyl sites for hydroxylation is 1. The topological polar surface area (TPSA) is 4.93 Å². The van der Waals surface area contributed by atoms with Gasteiger partial charge in [0.15, 0.2) is 0 Å². The smallest absolute Gasteiger partial charge is 0.0534 e. The van der Waals surface area contributed by atoms with Crippen LogP contribution in [-0.4, -0.2) is 4.57 Å². The lowest BCUT2D eigenvalue weighted by atomic mass is 10.2. The van der Waals surface area contributed by atoms with Gasteiger partial charge in [0.1, 0.15) is 0 Å². The number of benzene rings is 2. The van der Waals surface area contributed by atoms with E-state index in [0.717, 1.165) is 4.47 Å². The molecule has 2 heteroatoms. The van der Waals surface area contributed by atoms with E-state index in [4.69, 9.17) is 0 Å². The Balaban J connectivity index is 2.39. The predicted molar refractivity (Wildman–Crippen MR) is 80.4 cm³/mol. The van der Waals surface area contributed by atoms with Crippen LogP contribution in [0.5, 0.6) is 0 Å². The molecule has 1 aromatic heterocycles. The molecule has 1 heterocycles. The Kier molecular flexibility index (Phi) is 2.75. The minimum Gasteiger partial charge on any atom is -0.314 e. The highest BCUT2D eigenvalue weighted by Gasteiger charge is 2.11. The van der Waals surface area contributed by atoms with Gasteiger partial charge in [-0.25, -0.2) is 0 Å². The zero-order valence-corrected chi connectivity index (χ0v) is 12.0. The summed E-state index contributed by atoms with van der Waals surface area (Å²) < 4.78 is 3.42. The lowest BCUT2D eigenvalue weighted by Crippen LogP contribution is -1.96. The van der Waals surface area contributed by atoms with E-state index in [1.54, 1.807) is 0 Å². The Labute approximate surface area is 115 Å². The van der Waals surface area contributed by atoms with Crippen LogP contribution in [0.1, 0.15) is 11.3 Å². The number of aromatic nitrogens is 1. The van der Waals surface area contributed by atoms with Crippen molar-refractivity contribution in [2.24, 2.45) is 0 Å². The number of para-hydroxylation sites is 1. The lowest BCUT2D eigenvalue weighted by molar-refractivity contribution is 1.04. The third-order valence-corrected chi connectivity index (χ3v) is 3.99. The highest BCUT2D eigenvalue weighted by molar-refractivity contribution is 9.10. The van der Waals surface area contributed by atoms with Crippen LogP contribution in [0.25, 0.3) is 16.6 Å². The van der Waals surface area contributed by atoms with Crippen LogP contribution in [0.3, 0.4) is 0 Å². The van der Waals surface area contributed by atoms with Gasteiger partial charge < -0.3 is 4.57 Å². The number of hydrogen-bond donors (Lipinski definition) is 0. The van der Waals surface area contributed by atoms with E-state index in [9.17, 15) is 0 Å². The van der Waals surface area contributed by atoms with Crippen molar-refractivity contribution in [3.63, 3.8) is 0 Å². The summed E-state index contributed by atoms with van der Waals surface area (Å²) in [6, 6.07) is 17.0. The van der Waals surface area contributed by atoms with Crippen molar-refractivity contribution in [1.82, 2.24) is 4.57 Å². The SMILES string of the molecule is Cc1c(C)n(-c2cccc(Br)c2)c2ccccc12. The number of fused-ring (bicyclic) bond motifs is 1. The summed E-state index contributed by atoms with van der Waals surface area (Å²) >= 11 is 3.54. The van der Waals surface area contributed by atoms with Crippen LogP contribution >= 0.6 is 15.9 Å². The Morgan fingerprint density at radius 2 is 1.72 bits per heavy atom. The highest BCUT2D eigenvalue weighted by Crippen LogP contribution is 2.29. The quantitative estimate of drug-likeness (QED) is 0.595. The summed E-state index contributed by atoms with van der Waals surface area (Å²) in [6.07, 6.45) is 0. The minimum atomic E-state index is 1.11. The molecule has 0 saturated heterocycles. The van der Waals surface area contributed by atoms with Gasteiger partial charge in [-0.3, -0.25) is 0 Å². The van der Waals surface area contributed by atoms with Crippen LogP contribution < -0.4 is 0 Å². The molecule has 0 spiro atoms. The maximum Gasteiger partial charge on any atom is 0.0534 e. The van der Waals surface area contributed by atoms with Crippen LogP contribution in [-0.2, 0) is 0 Å². The number of nitrogens with zero attached hydrogens (tertiary/aromatic N) is 1. The van der Waals surface area contributed by atoms with Gasteiger partial charge in [-0.05, 0) is 43.7 Å². The number of rotatable bonds is 1. The van der Waals surface area contributed by atoms with Crippen LogP contribution in [0.4, 0.5) is 0 Å². The molecule has 0 saturated carbocycles. The molecule has 0 atom stereocenters. The second kappa shape index (κ2) is 4.29. The molecule has 0 bridgehead atoms. The second-order valence-electron chi connectivity index (χ2n) is 4.54. The van der Waals surface area contributed by atoms with E-state index >= 15 is 0 Å². The molecule has 0 radical (unpaired) electrons. The van der Waals surface area contributed by atoms with Crippen molar-refractivity contribution in [2.45, 2.75) is 13.8 Å². The molecule has 0 amide bonds. The minimum absolute atomic E-state index is 1.11. The molecule has 0 fully saturated rings. The summed E-state index contributed by atoms with van der Waals surface area (Å²) in [5, 5.41) is 1.33. The monoisotopic (exact) mass is 299 g/mol. The fraction of sp³-hybridized carbons (Fsp3) is 0.125. The molecular weight excluding hydrogens is 286 g/mol. The first-order valence-electron chi connectivity index (χ1n) is 6.01. The van der Waals surface area contributed by atoms with E-state index < -0.39 is 0 Å². The first-order chi connectivity index (χ1) is 8.68. The van der Waals surface area contributed by atoms with Crippen molar-refractivity contribution in [2.75, 3.05) is 0 Å². The molecule has 0 N–H and O–H groups in total. The Bertz CT molecular complexity index is 725. The third-order valence-electron chi connectivity index (χ3n) is 3.49. The molecule has 0 aliphatic heterocycles. The van der Waals surface area contributed by atoms with E-state index in [2.05, 4.69) is 82.9 Å². The van der Waals surface area contributed by atoms with Crippen molar-refractivity contribution < 1.29 is 0 Å². The molecular formula is C16H14BrN. The average Bonchev–Trinajstić information content (AvgIpc) is 2.63. The summed E-state index contributed by atoms with van der Waals surface area (Å²) in [5.41, 5.74) is 5.12. The van der Waals surface area contributed by atoms with Crippen molar-refractivity contribution >= 4 is 26.8 Å². The van der Waals surface area contributed by atoms with E-state index in [1.165, 1.54) is 27.8 Å². The normalized spacial score (nSPS) is 11.1. The van der Waals surface area contributed by atoms with Gasteiger partial charge >= 0.3 is 0 Å². The standard InChI is InChI=1S/C16H14BrN/c1-11-12(2)18(14-7-5-6-13(17)10-14)16-9-4-3-8-15(11)16/h3-10H,1-2H3. The van der Waals surface area contributed by atoms with Gasteiger partial charge in [-0.2, -0.15) is 0 Å². The molecule has 3 aromatic rings. The summed E-state index contributed by atoms with van der Waals surface area (Å²) in [7, 11) is 0. The average molecular weight is 300 g/mol. The summed E-state index contributed by atoms with van der Waals surface area (Å²) in [4.78, 5) is 0. The van der Waals surface area contributed by atoms with E-state index in [-0.39, 0.29) is 0 Å². The van der Waals surface area contributed by atoms with Gasteiger partial charge in [-0.15, -0.1) is 0 Å². The second-order valence-corrected chi connectivity index (χ2v) is 5.46. The van der Waals surface area contributed by atoms with Crippen LogP contribution in [0.2, 0.25) is 0 Å². The predicted octanol–water partition coefficient (Wildman–Crippen LogP) is 5.01. The zero-order valence-electron chi connectivity index (χ0n) is 10.4. The molecule has 2 aromatic carbocycles. The summed E-state index contributed by atoms with van der Waals surface area (Å²) in [6.45, 7) is 4.36. The molecule has 0 aliphatic carbocycles. The maximum absolute atomic E-state index is 3.54. The van der Waals surface area contributed by atoms with Crippen molar-refractivity contribution in [3.05, 3.63) is 64.3 Å². The first-order valence-corrected chi connectivity index (χ1v) is 6.80. The van der Waals surface area contributed by atoms with Gasteiger partial charge in [-0.1, -0.05) is 40.2 Å². The van der Waals surface area contributed by atoms with Gasteiger partial charge in [0, 0.05) is 21.2 Å². The molecule has 3 rings (SSSR count). The molecule has 0 unspecified atom stereocenters. The zero-order chi connectivity index (χ0) is 12.7. The fourth-order valence-electron chi connectivity index (χ4n) is 2.48. The fourth-order valence-corrected chi connectivity index (χ4v) is 2.86. The van der Waals surface area contributed by atoms with E-state index in [0.29, 0.717) is 0 Å².